The fourth-order valence-electron chi connectivity index (χ4n) is 12.2. The summed E-state index contributed by atoms with van der Waals surface area (Å²) in [6, 6.07) is 0. The standard InChI is InChI=1S/C76H148O6/c1-4-7-10-13-15-17-19-21-23-25-27-29-31-33-35-36-37-38-39-40-41-43-44-46-48-50-52-54-56-58-60-63-66-69-75(78)81-72-73(71-80-74(77)68-65-62-12-9-6-3)82-76(79)70-67-64-61-59-57-55-53-51-49-47-45-42-34-32-30-28-26-24-22-20-18-16-14-11-8-5-2/h73H,4-72H2,1-3H3. The van der Waals surface area contributed by atoms with Crippen molar-refractivity contribution in [3.05, 3.63) is 0 Å². The van der Waals surface area contributed by atoms with E-state index in [1.54, 1.807) is 0 Å². The molecule has 1 unspecified atom stereocenters. The van der Waals surface area contributed by atoms with Crippen LogP contribution in [0.1, 0.15) is 451 Å². The second-order valence-electron chi connectivity index (χ2n) is 26.3. The normalized spacial score (nSPS) is 11.9. The van der Waals surface area contributed by atoms with Gasteiger partial charge in [0.2, 0.25) is 0 Å². The Balaban J connectivity index is 3.84. The van der Waals surface area contributed by atoms with Gasteiger partial charge < -0.3 is 14.2 Å². The van der Waals surface area contributed by atoms with Gasteiger partial charge in [0.1, 0.15) is 13.2 Å². The van der Waals surface area contributed by atoms with Crippen molar-refractivity contribution >= 4 is 17.9 Å². The van der Waals surface area contributed by atoms with Gasteiger partial charge >= 0.3 is 17.9 Å². The molecule has 0 aliphatic heterocycles. The van der Waals surface area contributed by atoms with Crippen LogP contribution in [0.3, 0.4) is 0 Å². The Morgan fingerprint density at radius 2 is 0.329 bits per heavy atom. The zero-order chi connectivity index (χ0) is 59.2. The van der Waals surface area contributed by atoms with Gasteiger partial charge in [0.25, 0.3) is 0 Å². The lowest BCUT2D eigenvalue weighted by Crippen LogP contribution is -2.30. The molecule has 0 N–H and O–H groups in total. The van der Waals surface area contributed by atoms with Crippen molar-refractivity contribution in [3.8, 4) is 0 Å². The summed E-state index contributed by atoms with van der Waals surface area (Å²) in [5.74, 6) is -0.840. The van der Waals surface area contributed by atoms with Gasteiger partial charge in [-0.25, -0.2) is 0 Å². The molecule has 0 radical (unpaired) electrons. The van der Waals surface area contributed by atoms with Gasteiger partial charge in [-0.1, -0.05) is 412 Å². The Kier molecular flexibility index (Phi) is 70.5. The summed E-state index contributed by atoms with van der Waals surface area (Å²) in [4.78, 5) is 38.1. The minimum atomic E-state index is -0.761. The van der Waals surface area contributed by atoms with Gasteiger partial charge in [0.05, 0.1) is 0 Å². The number of rotatable bonds is 72. The maximum Gasteiger partial charge on any atom is 0.306 e. The van der Waals surface area contributed by atoms with E-state index >= 15 is 0 Å². The summed E-state index contributed by atoms with van der Waals surface area (Å²) in [7, 11) is 0. The third-order valence-electron chi connectivity index (χ3n) is 17.9. The number of carbonyl (C=O) groups excluding carboxylic acids is 3. The minimum Gasteiger partial charge on any atom is -0.462 e. The maximum atomic E-state index is 12.9. The molecule has 0 fully saturated rings. The van der Waals surface area contributed by atoms with E-state index in [9.17, 15) is 14.4 Å². The quantitative estimate of drug-likeness (QED) is 0.0343. The molecule has 0 aliphatic rings. The molecule has 0 spiro atoms. The first-order valence-electron chi connectivity index (χ1n) is 38.0. The molecule has 0 bridgehead atoms. The molecule has 0 aromatic carbocycles. The van der Waals surface area contributed by atoms with Crippen LogP contribution in [0.4, 0.5) is 0 Å². The Bertz CT molecular complexity index is 1240. The molecule has 1 atom stereocenters. The minimum absolute atomic E-state index is 0.0620. The molecule has 0 aromatic rings. The van der Waals surface area contributed by atoms with Crippen LogP contribution in [-0.4, -0.2) is 37.2 Å². The zero-order valence-corrected chi connectivity index (χ0v) is 56.3. The van der Waals surface area contributed by atoms with Crippen LogP contribution in [0.2, 0.25) is 0 Å². The van der Waals surface area contributed by atoms with Crippen molar-refractivity contribution in [1.29, 1.82) is 0 Å². The van der Waals surface area contributed by atoms with Gasteiger partial charge in [-0.2, -0.15) is 0 Å². The molecule has 0 amide bonds. The molecule has 0 aromatic heterocycles. The van der Waals surface area contributed by atoms with Crippen LogP contribution < -0.4 is 0 Å². The van der Waals surface area contributed by atoms with Crippen LogP contribution in [0.5, 0.6) is 0 Å². The number of hydrogen-bond donors (Lipinski definition) is 0. The molecule has 0 aliphatic carbocycles. The van der Waals surface area contributed by atoms with Gasteiger partial charge in [0, 0.05) is 19.3 Å². The monoisotopic (exact) mass is 1160 g/mol. The van der Waals surface area contributed by atoms with Crippen molar-refractivity contribution in [2.75, 3.05) is 13.2 Å². The largest absolute Gasteiger partial charge is 0.462 e. The summed E-state index contributed by atoms with van der Waals surface area (Å²) < 4.78 is 16.9. The van der Waals surface area contributed by atoms with E-state index in [0.717, 1.165) is 64.2 Å². The Morgan fingerprint density at radius 1 is 0.195 bits per heavy atom. The molecular weight excluding hydrogens is 1010 g/mol. The van der Waals surface area contributed by atoms with Crippen molar-refractivity contribution in [3.63, 3.8) is 0 Å². The lowest BCUT2D eigenvalue weighted by molar-refractivity contribution is -0.167. The number of hydrogen-bond acceptors (Lipinski definition) is 6. The lowest BCUT2D eigenvalue weighted by Gasteiger charge is -2.18. The fourth-order valence-corrected chi connectivity index (χ4v) is 12.2. The molecule has 82 heavy (non-hydrogen) atoms. The summed E-state index contributed by atoms with van der Waals surface area (Å²) in [5.41, 5.74) is 0. The second-order valence-corrected chi connectivity index (χ2v) is 26.3. The maximum absolute atomic E-state index is 12.9. The summed E-state index contributed by atoms with van der Waals surface area (Å²) in [6.07, 6.45) is 86.6. The highest BCUT2D eigenvalue weighted by atomic mass is 16.6. The number of esters is 3. The van der Waals surface area contributed by atoms with Crippen LogP contribution in [0, 0.1) is 0 Å². The van der Waals surface area contributed by atoms with E-state index in [0.29, 0.717) is 19.3 Å². The Hall–Kier alpha value is -1.59. The summed E-state index contributed by atoms with van der Waals surface area (Å²) in [6.45, 7) is 6.66. The molecule has 0 saturated carbocycles. The Morgan fingerprint density at radius 3 is 0.488 bits per heavy atom. The third kappa shape index (κ3) is 69.2. The topological polar surface area (TPSA) is 78.9 Å². The predicted octanol–water partition coefficient (Wildman–Crippen LogP) is 26.2. The van der Waals surface area contributed by atoms with E-state index in [-0.39, 0.29) is 31.1 Å². The van der Waals surface area contributed by atoms with Crippen LogP contribution in [0.15, 0.2) is 0 Å². The molecular formula is C76H148O6. The van der Waals surface area contributed by atoms with Crippen molar-refractivity contribution in [1.82, 2.24) is 0 Å². The fraction of sp³-hybridized carbons (Fsp3) is 0.961. The van der Waals surface area contributed by atoms with Crippen LogP contribution in [0.25, 0.3) is 0 Å². The predicted molar refractivity (Wildman–Crippen MR) is 358 cm³/mol. The molecule has 0 heterocycles. The van der Waals surface area contributed by atoms with Gasteiger partial charge in [-0.15, -0.1) is 0 Å². The van der Waals surface area contributed by atoms with E-state index < -0.39 is 6.10 Å². The molecule has 6 heteroatoms. The molecule has 488 valence electrons. The smallest absolute Gasteiger partial charge is 0.306 e. The first-order valence-corrected chi connectivity index (χ1v) is 38.0. The molecule has 0 rings (SSSR count). The van der Waals surface area contributed by atoms with Crippen LogP contribution in [-0.2, 0) is 28.6 Å². The molecule has 6 nitrogen and oxygen atoms in total. The highest BCUT2D eigenvalue weighted by Crippen LogP contribution is 2.20. The van der Waals surface area contributed by atoms with Crippen molar-refractivity contribution < 1.29 is 28.6 Å². The third-order valence-corrected chi connectivity index (χ3v) is 17.9. The molecule has 0 saturated heterocycles. The van der Waals surface area contributed by atoms with Gasteiger partial charge in [-0.3, -0.25) is 14.4 Å². The van der Waals surface area contributed by atoms with E-state index in [1.807, 2.05) is 0 Å². The van der Waals surface area contributed by atoms with Crippen LogP contribution >= 0.6 is 0 Å². The average Bonchev–Trinajstić information content (AvgIpc) is 3.47. The van der Waals surface area contributed by atoms with E-state index in [2.05, 4.69) is 20.8 Å². The second kappa shape index (κ2) is 71.9. The first kappa shape index (κ1) is 80.4. The summed E-state index contributed by atoms with van der Waals surface area (Å²) in [5, 5.41) is 0. The number of carbonyl (C=O) groups is 3. The highest BCUT2D eigenvalue weighted by Gasteiger charge is 2.20. The average molecular weight is 1160 g/mol. The first-order chi connectivity index (χ1) is 40.5. The van der Waals surface area contributed by atoms with Gasteiger partial charge in [0.15, 0.2) is 6.10 Å². The van der Waals surface area contributed by atoms with Crippen molar-refractivity contribution in [2.24, 2.45) is 0 Å². The number of ether oxygens (including phenoxy) is 3. The highest BCUT2D eigenvalue weighted by molar-refractivity contribution is 5.71. The Labute approximate surface area is 514 Å². The van der Waals surface area contributed by atoms with Gasteiger partial charge in [-0.05, 0) is 19.3 Å². The van der Waals surface area contributed by atoms with Crippen molar-refractivity contribution in [2.45, 2.75) is 457 Å². The van der Waals surface area contributed by atoms with E-state index in [4.69, 9.17) is 14.2 Å². The number of unbranched alkanes of at least 4 members (excludes halogenated alkanes) is 61. The lowest BCUT2D eigenvalue weighted by atomic mass is 10.0. The zero-order valence-electron chi connectivity index (χ0n) is 56.3. The summed E-state index contributed by atoms with van der Waals surface area (Å²) >= 11 is 0. The SMILES string of the molecule is CCCCCCCCCCCCCCCCCCCCCCCCCCCCCCCCCCCC(=O)OCC(COC(=O)CCCCCCC)OC(=O)CCCCCCCCCCCCCCCCCCCCCCCCCCCC. The van der Waals surface area contributed by atoms with E-state index in [1.165, 1.54) is 347 Å².